The van der Waals surface area contributed by atoms with Crippen molar-refractivity contribution in [1.82, 2.24) is 5.32 Å². The van der Waals surface area contributed by atoms with E-state index in [0.29, 0.717) is 19.4 Å². The van der Waals surface area contributed by atoms with Crippen molar-refractivity contribution in [3.8, 4) is 11.1 Å². The van der Waals surface area contributed by atoms with Crippen molar-refractivity contribution < 1.29 is 14.3 Å². The summed E-state index contributed by atoms with van der Waals surface area (Å²) in [6.07, 6.45) is 0.521. The Kier molecular flexibility index (Phi) is 5.53. The fourth-order valence-corrected chi connectivity index (χ4v) is 3.30. The molecule has 136 valence electrons. The number of rotatable bonds is 7. The molecule has 6 heteroatoms. The highest BCUT2D eigenvalue weighted by Crippen LogP contribution is 2.44. The number of nitrogens with one attached hydrogen (secondary N) is 1. The minimum absolute atomic E-state index is 0.0384. The molecule has 1 atom stereocenters. The van der Waals surface area contributed by atoms with Crippen molar-refractivity contribution in [1.29, 1.82) is 0 Å². The van der Waals surface area contributed by atoms with Gasteiger partial charge in [0.05, 0.1) is 6.04 Å². The number of carbonyl (C=O) groups excluding carboxylic acids is 2. The summed E-state index contributed by atoms with van der Waals surface area (Å²) in [6.45, 7) is 0.665. The third-order valence-corrected chi connectivity index (χ3v) is 4.67. The van der Waals surface area contributed by atoms with Crippen LogP contribution < -0.4 is 16.8 Å². The molecule has 3 rings (SSSR count). The first-order chi connectivity index (χ1) is 12.6. The highest BCUT2D eigenvalue weighted by atomic mass is 16.5. The Balaban J connectivity index is 1.53. The number of primary amides is 1. The van der Waals surface area contributed by atoms with Gasteiger partial charge in [-0.05, 0) is 35.1 Å². The second kappa shape index (κ2) is 8.01. The molecule has 0 spiro atoms. The van der Waals surface area contributed by atoms with E-state index >= 15 is 0 Å². The molecule has 0 aliphatic heterocycles. The van der Waals surface area contributed by atoms with Gasteiger partial charge < -0.3 is 21.5 Å². The number of hydrogen-bond donors (Lipinski definition) is 3. The van der Waals surface area contributed by atoms with E-state index in [1.165, 1.54) is 22.3 Å². The van der Waals surface area contributed by atoms with E-state index < -0.39 is 18.0 Å². The van der Waals surface area contributed by atoms with Crippen LogP contribution in [0.1, 0.15) is 29.9 Å². The van der Waals surface area contributed by atoms with Crippen LogP contribution in [0, 0.1) is 0 Å². The predicted octanol–water partition coefficient (Wildman–Crippen LogP) is 2.12. The molecule has 0 aromatic heterocycles. The summed E-state index contributed by atoms with van der Waals surface area (Å²) in [6, 6.07) is 15.7. The minimum Gasteiger partial charge on any atom is -0.449 e. The van der Waals surface area contributed by atoms with Gasteiger partial charge in [-0.15, -0.1) is 0 Å². The third-order valence-electron chi connectivity index (χ3n) is 4.67. The van der Waals surface area contributed by atoms with Crippen molar-refractivity contribution in [2.24, 2.45) is 11.5 Å². The highest BCUT2D eigenvalue weighted by molar-refractivity contribution is 5.79. The molecule has 2 amide bonds. The standard InChI is InChI=1S/C20H23N3O3/c21-18(19(22)24)10-5-11-23-20(25)26-12-17-15-8-3-1-6-13(15)14-7-2-4-9-16(14)17/h1-4,6-9,17-18H,5,10-12,21H2,(H2,22,24)(H,23,25)/t18-/m0/s1. The van der Waals surface area contributed by atoms with Crippen molar-refractivity contribution in [2.45, 2.75) is 24.8 Å². The molecular weight excluding hydrogens is 330 g/mol. The smallest absolute Gasteiger partial charge is 0.407 e. The molecule has 2 aromatic rings. The van der Waals surface area contributed by atoms with Crippen molar-refractivity contribution in [3.63, 3.8) is 0 Å². The van der Waals surface area contributed by atoms with Crippen LogP contribution in [-0.2, 0) is 9.53 Å². The number of ether oxygens (including phenoxy) is 1. The van der Waals surface area contributed by atoms with E-state index in [2.05, 4.69) is 29.6 Å². The summed E-state index contributed by atoms with van der Waals surface area (Å²) in [5.74, 6) is -0.498. The predicted molar refractivity (Wildman–Crippen MR) is 99.5 cm³/mol. The molecule has 1 aliphatic carbocycles. The molecule has 0 heterocycles. The lowest BCUT2D eigenvalue weighted by molar-refractivity contribution is -0.119. The van der Waals surface area contributed by atoms with Gasteiger partial charge in [0, 0.05) is 12.5 Å². The maximum Gasteiger partial charge on any atom is 0.407 e. The molecular formula is C20H23N3O3. The Bertz CT molecular complexity index is 761. The van der Waals surface area contributed by atoms with E-state index in [0.717, 1.165) is 0 Å². The first-order valence-electron chi connectivity index (χ1n) is 8.71. The summed E-state index contributed by atoms with van der Waals surface area (Å²) in [4.78, 5) is 22.8. The quantitative estimate of drug-likeness (QED) is 0.663. The lowest BCUT2D eigenvalue weighted by atomic mass is 9.98. The van der Waals surface area contributed by atoms with E-state index in [1.807, 2.05) is 24.3 Å². The van der Waals surface area contributed by atoms with Gasteiger partial charge in [0.2, 0.25) is 5.91 Å². The average molecular weight is 353 g/mol. The largest absolute Gasteiger partial charge is 0.449 e. The summed E-state index contributed by atoms with van der Waals surface area (Å²) < 4.78 is 5.42. The van der Waals surface area contributed by atoms with Crippen LogP contribution in [0.4, 0.5) is 4.79 Å². The maximum absolute atomic E-state index is 11.9. The second-order valence-corrected chi connectivity index (χ2v) is 6.40. The van der Waals surface area contributed by atoms with E-state index in [-0.39, 0.29) is 12.5 Å². The summed E-state index contributed by atoms with van der Waals surface area (Å²) >= 11 is 0. The molecule has 0 unspecified atom stereocenters. The molecule has 6 nitrogen and oxygen atoms in total. The van der Waals surface area contributed by atoms with Gasteiger partial charge in [-0.3, -0.25) is 4.79 Å². The Labute approximate surface area is 152 Å². The number of amides is 2. The van der Waals surface area contributed by atoms with Gasteiger partial charge in [0.1, 0.15) is 6.61 Å². The first kappa shape index (κ1) is 17.9. The number of carbonyl (C=O) groups is 2. The van der Waals surface area contributed by atoms with Crippen LogP contribution in [0.3, 0.4) is 0 Å². The Morgan fingerprint density at radius 1 is 1.04 bits per heavy atom. The molecule has 0 radical (unpaired) electrons. The van der Waals surface area contributed by atoms with Gasteiger partial charge in [0.25, 0.3) is 0 Å². The lowest BCUT2D eigenvalue weighted by Crippen LogP contribution is -2.37. The van der Waals surface area contributed by atoms with E-state index in [1.54, 1.807) is 0 Å². The van der Waals surface area contributed by atoms with Crippen molar-refractivity contribution >= 4 is 12.0 Å². The summed E-state index contributed by atoms with van der Waals surface area (Å²) in [5, 5.41) is 2.68. The van der Waals surface area contributed by atoms with Crippen LogP contribution in [-0.4, -0.2) is 31.2 Å². The Morgan fingerprint density at radius 3 is 2.19 bits per heavy atom. The second-order valence-electron chi connectivity index (χ2n) is 6.40. The minimum atomic E-state index is -0.681. The van der Waals surface area contributed by atoms with Crippen molar-refractivity contribution in [2.75, 3.05) is 13.2 Å². The molecule has 0 saturated carbocycles. The number of hydrogen-bond acceptors (Lipinski definition) is 4. The van der Waals surface area contributed by atoms with Gasteiger partial charge in [-0.2, -0.15) is 0 Å². The van der Waals surface area contributed by atoms with Gasteiger partial charge in [0.15, 0.2) is 0 Å². The van der Waals surface area contributed by atoms with Gasteiger partial charge in [-0.25, -0.2) is 4.79 Å². The van der Waals surface area contributed by atoms with E-state index in [9.17, 15) is 9.59 Å². The Hall–Kier alpha value is -2.86. The maximum atomic E-state index is 11.9. The number of nitrogens with two attached hydrogens (primary N) is 2. The zero-order chi connectivity index (χ0) is 18.5. The molecule has 0 saturated heterocycles. The zero-order valence-corrected chi connectivity index (χ0v) is 14.5. The van der Waals surface area contributed by atoms with E-state index in [4.69, 9.17) is 16.2 Å². The van der Waals surface area contributed by atoms with Crippen LogP contribution in [0.15, 0.2) is 48.5 Å². The van der Waals surface area contributed by atoms with Gasteiger partial charge in [-0.1, -0.05) is 48.5 Å². The fraction of sp³-hybridized carbons (Fsp3) is 0.300. The Morgan fingerprint density at radius 2 is 1.62 bits per heavy atom. The number of fused-ring (bicyclic) bond motifs is 3. The van der Waals surface area contributed by atoms with Crippen LogP contribution >= 0.6 is 0 Å². The average Bonchev–Trinajstić information content (AvgIpc) is 2.97. The number of alkyl carbamates (subject to hydrolysis) is 1. The normalized spacial score (nSPS) is 13.6. The molecule has 1 aliphatic rings. The molecule has 26 heavy (non-hydrogen) atoms. The van der Waals surface area contributed by atoms with Crippen molar-refractivity contribution in [3.05, 3.63) is 59.7 Å². The van der Waals surface area contributed by atoms with Gasteiger partial charge >= 0.3 is 6.09 Å². The topological polar surface area (TPSA) is 107 Å². The molecule has 2 aromatic carbocycles. The monoisotopic (exact) mass is 353 g/mol. The first-order valence-corrected chi connectivity index (χ1v) is 8.71. The third kappa shape index (κ3) is 3.86. The van der Waals surface area contributed by atoms with Crippen LogP contribution in [0.25, 0.3) is 11.1 Å². The SMILES string of the molecule is NC(=O)[C@@H](N)CCCNC(=O)OCC1c2ccccc2-c2ccccc21. The van der Waals surface area contributed by atoms with Crippen LogP contribution in [0.2, 0.25) is 0 Å². The zero-order valence-electron chi connectivity index (χ0n) is 14.5. The summed E-state index contributed by atoms with van der Waals surface area (Å²) in [5.41, 5.74) is 15.4. The molecule has 5 N–H and O–H groups in total. The lowest BCUT2D eigenvalue weighted by Gasteiger charge is -2.14. The summed E-state index contributed by atoms with van der Waals surface area (Å²) in [7, 11) is 0. The molecule has 0 bridgehead atoms. The highest BCUT2D eigenvalue weighted by Gasteiger charge is 2.28. The fourth-order valence-electron chi connectivity index (χ4n) is 3.30. The van der Waals surface area contributed by atoms with Crippen LogP contribution in [0.5, 0.6) is 0 Å². The molecule has 0 fully saturated rings. The number of benzene rings is 2.